The Bertz CT molecular complexity index is 657. The first-order chi connectivity index (χ1) is 12.5. The third-order valence-electron chi connectivity index (χ3n) is 5.21. The van der Waals surface area contributed by atoms with E-state index in [1.54, 1.807) is 23.2 Å². The highest BCUT2D eigenvalue weighted by Crippen LogP contribution is 2.32. The zero-order valence-electron chi connectivity index (χ0n) is 16.0. The smallest absolute Gasteiger partial charge is 0.259 e. The highest BCUT2D eigenvalue weighted by atomic mass is 16.5. The minimum Gasteiger partial charge on any atom is -0.477 e. The molecule has 0 radical (unpaired) electrons. The van der Waals surface area contributed by atoms with E-state index in [0.29, 0.717) is 49.4 Å². The molecule has 1 saturated carbocycles. The van der Waals surface area contributed by atoms with Crippen molar-refractivity contribution in [3.63, 3.8) is 0 Å². The number of carbonyl (C=O) groups is 2. The second kappa shape index (κ2) is 8.06. The van der Waals surface area contributed by atoms with Crippen LogP contribution in [-0.2, 0) is 4.79 Å². The van der Waals surface area contributed by atoms with Gasteiger partial charge in [0.25, 0.3) is 5.91 Å². The number of amides is 2. The van der Waals surface area contributed by atoms with Gasteiger partial charge in [0.15, 0.2) is 0 Å². The first-order valence-electron chi connectivity index (χ1n) is 9.67. The molecule has 2 amide bonds. The molecule has 0 bridgehead atoms. The van der Waals surface area contributed by atoms with E-state index in [4.69, 9.17) is 4.74 Å². The number of pyridine rings is 1. The molecule has 3 rings (SSSR count). The number of aromatic nitrogens is 1. The highest BCUT2D eigenvalue weighted by Gasteiger charge is 2.37. The second-order valence-electron chi connectivity index (χ2n) is 7.59. The van der Waals surface area contributed by atoms with Crippen LogP contribution in [0.4, 0.5) is 0 Å². The topological polar surface area (TPSA) is 62.7 Å². The molecule has 6 nitrogen and oxygen atoms in total. The molecular formula is C20H29N3O3. The molecule has 1 aliphatic heterocycles. The third kappa shape index (κ3) is 4.17. The number of rotatable bonds is 6. The van der Waals surface area contributed by atoms with Crippen molar-refractivity contribution in [2.45, 2.75) is 46.1 Å². The molecule has 1 atom stereocenters. The number of ether oxygens (including phenoxy) is 1. The summed E-state index contributed by atoms with van der Waals surface area (Å²) in [6.07, 6.45) is 4.43. The van der Waals surface area contributed by atoms with Crippen LogP contribution in [0, 0.1) is 11.8 Å². The average molecular weight is 359 g/mol. The van der Waals surface area contributed by atoms with Crippen LogP contribution in [0.1, 0.15) is 50.4 Å². The van der Waals surface area contributed by atoms with Gasteiger partial charge >= 0.3 is 0 Å². The van der Waals surface area contributed by atoms with E-state index >= 15 is 0 Å². The van der Waals surface area contributed by atoms with E-state index in [9.17, 15) is 9.59 Å². The van der Waals surface area contributed by atoms with E-state index < -0.39 is 0 Å². The van der Waals surface area contributed by atoms with Gasteiger partial charge in [-0.1, -0.05) is 13.8 Å². The summed E-state index contributed by atoms with van der Waals surface area (Å²) in [5, 5.41) is 0. The van der Waals surface area contributed by atoms with Crippen molar-refractivity contribution in [3.8, 4) is 5.88 Å². The lowest BCUT2D eigenvalue weighted by Crippen LogP contribution is -2.48. The first-order valence-corrected chi connectivity index (χ1v) is 9.67. The maximum absolute atomic E-state index is 13.1. The summed E-state index contributed by atoms with van der Waals surface area (Å²) in [5.74, 6) is 1.37. The minimum atomic E-state index is -0.103. The maximum Gasteiger partial charge on any atom is 0.259 e. The third-order valence-corrected chi connectivity index (χ3v) is 5.21. The van der Waals surface area contributed by atoms with E-state index in [-0.39, 0.29) is 17.9 Å². The van der Waals surface area contributed by atoms with Crippen molar-refractivity contribution in [2.75, 3.05) is 26.2 Å². The van der Waals surface area contributed by atoms with Gasteiger partial charge in [0.05, 0.1) is 12.6 Å². The lowest BCUT2D eigenvalue weighted by Gasteiger charge is -2.35. The van der Waals surface area contributed by atoms with E-state index in [1.807, 2.05) is 11.8 Å². The molecule has 1 aromatic heterocycles. The molecule has 2 aliphatic rings. The molecule has 0 spiro atoms. The summed E-state index contributed by atoms with van der Waals surface area (Å²) < 4.78 is 5.52. The predicted molar refractivity (Wildman–Crippen MR) is 99.0 cm³/mol. The molecule has 142 valence electrons. The van der Waals surface area contributed by atoms with Gasteiger partial charge in [-0.3, -0.25) is 9.59 Å². The van der Waals surface area contributed by atoms with Crippen LogP contribution in [0.2, 0.25) is 0 Å². The van der Waals surface area contributed by atoms with Gasteiger partial charge in [0.1, 0.15) is 5.56 Å². The van der Waals surface area contributed by atoms with Crippen molar-refractivity contribution in [2.24, 2.45) is 11.8 Å². The van der Waals surface area contributed by atoms with E-state index in [2.05, 4.69) is 18.8 Å². The van der Waals surface area contributed by atoms with Crippen molar-refractivity contribution in [1.82, 2.24) is 14.8 Å². The number of nitrogens with zero attached hydrogens (tertiary/aromatic N) is 3. The molecule has 0 unspecified atom stereocenters. The number of carbonyl (C=O) groups excluding carboxylic acids is 2. The fourth-order valence-electron chi connectivity index (χ4n) is 3.52. The molecule has 2 heterocycles. The lowest BCUT2D eigenvalue weighted by atomic mass is 10.0. The van der Waals surface area contributed by atoms with Crippen LogP contribution in [-0.4, -0.2) is 58.9 Å². The van der Waals surface area contributed by atoms with Crippen LogP contribution in [0.15, 0.2) is 18.3 Å². The van der Waals surface area contributed by atoms with Gasteiger partial charge in [-0.25, -0.2) is 4.98 Å². The predicted octanol–water partition coefficient (Wildman–Crippen LogP) is 2.59. The summed E-state index contributed by atoms with van der Waals surface area (Å²) in [6, 6.07) is 3.55. The Labute approximate surface area is 155 Å². The first kappa shape index (κ1) is 18.7. The van der Waals surface area contributed by atoms with E-state index in [0.717, 1.165) is 6.54 Å². The Kier molecular flexibility index (Phi) is 5.79. The van der Waals surface area contributed by atoms with Crippen LogP contribution in [0.25, 0.3) is 0 Å². The quantitative estimate of drug-likeness (QED) is 0.783. The number of hydrogen-bond acceptors (Lipinski definition) is 4. The minimum absolute atomic E-state index is 0.0572. The Balaban J connectivity index is 1.81. The van der Waals surface area contributed by atoms with Crippen LogP contribution in [0.3, 0.4) is 0 Å². The second-order valence-corrected chi connectivity index (χ2v) is 7.59. The molecule has 1 saturated heterocycles. The van der Waals surface area contributed by atoms with Crippen LogP contribution >= 0.6 is 0 Å². The fraction of sp³-hybridized carbons (Fsp3) is 0.650. The summed E-state index contributed by atoms with van der Waals surface area (Å²) in [4.78, 5) is 33.9. The molecule has 2 fully saturated rings. The van der Waals surface area contributed by atoms with Gasteiger partial charge < -0.3 is 14.5 Å². The Morgan fingerprint density at radius 3 is 2.81 bits per heavy atom. The largest absolute Gasteiger partial charge is 0.477 e. The lowest BCUT2D eigenvalue weighted by molar-refractivity contribution is -0.133. The SMILES string of the molecule is CCOc1ncccc1C(=O)N1CCC(=O)N(CC2CC2)[C@H](C(C)C)C1. The monoisotopic (exact) mass is 359 g/mol. The zero-order chi connectivity index (χ0) is 18.7. The van der Waals surface area contributed by atoms with Crippen molar-refractivity contribution >= 4 is 11.8 Å². The van der Waals surface area contributed by atoms with Gasteiger partial charge in [-0.05, 0) is 43.7 Å². The number of hydrogen-bond donors (Lipinski definition) is 0. The van der Waals surface area contributed by atoms with Crippen molar-refractivity contribution in [1.29, 1.82) is 0 Å². The Hall–Kier alpha value is -2.11. The van der Waals surface area contributed by atoms with Gasteiger partial charge in [-0.2, -0.15) is 0 Å². The molecule has 1 aliphatic carbocycles. The summed E-state index contributed by atoms with van der Waals surface area (Å²) in [7, 11) is 0. The summed E-state index contributed by atoms with van der Waals surface area (Å²) in [5.41, 5.74) is 0.472. The molecule has 0 aromatic carbocycles. The van der Waals surface area contributed by atoms with Crippen molar-refractivity contribution < 1.29 is 14.3 Å². The normalized spacial score (nSPS) is 21.1. The molecule has 0 N–H and O–H groups in total. The Morgan fingerprint density at radius 2 is 2.15 bits per heavy atom. The fourth-order valence-corrected chi connectivity index (χ4v) is 3.52. The van der Waals surface area contributed by atoms with Crippen LogP contribution in [0.5, 0.6) is 5.88 Å². The Morgan fingerprint density at radius 1 is 1.38 bits per heavy atom. The molecule has 26 heavy (non-hydrogen) atoms. The molecule has 1 aromatic rings. The highest BCUT2D eigenvalue weighted by molar-refractivity contribution is 5.96. The molecular weight excluding hydrogens is 330 g/mol. The standard InChI is InChI=1S/C20H29N3O3/c1-4-26-19-16(6-5-10-21-19)20(25)22-11-9-18(24)23(12-15-7-8-15)17(13-22)14(2)3/h5-6,10,14-15,17H,4,7-9,11-13H2,1-3H3/t17-/m0/s1. The summed E-state index contributed by atoms with van der Waals surface area (Å²) in [6.45, 7) is 8.43. The average Bonchev–Trinajstić information content (AvgIpc) is 3.45. The van der Waals surface area contributed by atoms with Crippen LogP contribution < -0.4 is 4.74 Å². The maximum atomic E-state index is 13.1. The summed E-state index contributed by atoms with van der Waals surface area (Å²) >= 11 is 0. The zero-order valence-corrected chi connectivity index (χ0v) is 16.0. The van der Waals surface area contributed by atoms with Gasteiger partial charge in [0.2, 0.25) is 11.8 Å². The van der Waals surface area contributed by atoms with Gasteiger partial charge in [0, 0.05) is 32.3 Å². The molecule has 6 heteroatoms. The van der Waals surface area contributed by atoms with E-state index in [1.165, 1.54) is 12.8 Å². The van der Waals surface area contributed by atoms with Crippen molar-refractivity contribution in [3.05, 3.63) is 23.9 Å². The van der Waals surface area contributed by atoms with Gasteiger partial charge in [-0.15, -0.1) is 0 Å².